The third-order valence-electron chi connectivity index (χ3n) is 4.59. The number of rotatable bonds is 4. The van der Waals surface area contributed by atoms with Crippen LogP contribution in [-0.4, -0.2) is 18.6 Å². The number of para-hydroxylation sites is 1. The monoisotopic (exact) mass is 387 g/mol. The summed E-state index contributed by atoms with van der Waals surface area (Å²) >= 11 is 0. The number of amides is 1. The number of carbonyl (C=O) groups is 1. The molecule has 28 heavy (non-hydrogen) atoms. The second-order valence-electron chi connectivity index (χ2n) is 6.47. The highest BCUT2D eigenvalue weighted by Crippen LogP contribution is 2.43. The minimum absolute atomic E-state index is 0.0760. The topological polar surface area (TPSA) is 51.5 Å². The van der Waals surface area contributed by atoms with E-state index in [4.69, 9.17) is 9.15 Å². The summed E-state index contributed by atoms with van der Waals surface area (Å²) in [6, 6.07) is 13.7. The molecule has 1 aromatic heterocycles. The Hall–Kier alpha value is -3.22. The predicted octanol–water partition coefficient (Wildman–Crippen LogP) is 4.70. The molecule has 3 aromatic rings. The molecule has 0 unspecified atom stereocenters. The number of nitrogens with one attached hydrogen (secondary N) is 1. The minimum Gasteiger partial charge on any atom is -0.487 e. The Balaban J connectivity index is 1.56. The Morgan fingerprint density at radius 2 is 1.82 bits per heavy atom. The van der Waals surface area contributed by atoms with Crippen LogP contribution < -0.4 is 10.1 Å². The third kappa shape index (κ3) is 3.47. The highest BCUT2D eigenvalue weighted by atomic mass is 19.4. The molecule has 1 aliphatic rings. The third-order valence-corrected chi connectivity index (χ3v) is 4.59. The van der Waals surface area contributed by atoms with E-state index in [2.05, 4.69) is 5.32 Å². The number of carbonyl (C=O) groups excluding carboxylic acids is 1. The molecule has 144 valence electrons. The summed E-state index contributed by atoms with van der Waals surface area (Å²) in [6.45, 7) is 0.217. The van der Waals surface area contributed by atoms with E-state index in [0.29, 0.717) is 17.7 Å². The lowest BCUT2D eigenvalue weighted by atomic mass is 9.96. The van der Waals surface area contributed by atoms with Gasteiger partial charge >= 0.3 is 6.18 Å². The van der Waals surface area contributed by atoms with Crippen molar-refractivity contribution in [1.29, 1.82) is 0 Å². The van der Waals surface area contributed by atoms with E-state index in [1.54, 1.807) is 30.3 Å². The average Bonchev–Trinajstić information content (AvgIpc) is 3.34. The van der Waals surface area contributed by atoms with Crippen molar-refractivity contribution < 1.29 is 27.1 Å². The maximum atomic E-state index is 13.4. The Morgan fingerprint density at radius 3 is 2.57 bits per heavy atom. The van der Waals surface area contributed by atoms with Crippen LogP contribution in [0, 0.1) is 0 Å². The standard InChI is InChI=1S/C21H16F3NO3/c22-21(23,24)17-8-2-1-6-15(17)16-7-3-5-13-11-14(28-19(13)16)12-25-20(26)18-9-4-10-27-18/h1-10,14H,11-12H2,(H,25,26)/t14-/m0/s1. The summed E-state index contributed by atoms with van der Waals surface area (Å²) < 4.78 is 51.2. The molecule has 2 heterocycles. The first-order chi connectivity index (χ1) is 13.4. The lowest BCUT2D eigenvalue weighted by Crippen LogP contribution is -2.34. The molecule has 0 saturated heterocycles. The molecular formula is C21H16F3NO3. The molecule has 1 N–H and O–H groups in total. The lowest BCUT2D eigenvalue weighted by molar-refractivity contribution is -0.137. The van der Waals surface area contributed by atoms with E-state index < -0.39 is 11.7 Å². The number of furan rings is 1. The fourth-order valence-electron chi connectivity index (χ4n) is 3.33. The van der Waals surface area contributed by atoms with E-state index >= 15 is 0 Å². The first-order valence-corrected chi connectivity index (χ1v) is 8.70. The summed E-state index contributed by atoms with van der Waals surface area (Å²) in [5.41, 5.74) is 0.575. The van der Waals surface area contributed by atoms with Crippen LogP contribution in [0.4, 0.5) is 13.2 Å². The second kappa shape index (κ2) is 7.07. The van der Waals surface area contributed by atoms with Gasteiger partial charge in [0.05, 0.1) is 18.4 Å². The molecule has 0 bridgehead atoms. The number of ether oxygens (including phenoxy) is 1. The van der Waals surface area contributed by atoms with E-state index in [1.807, 2.05) is 6.07 Å². The second-order valence-corrected chi connectivity index (χ2v) is 6.47. The molecule has 1 amide bonds. The summed E-state index contributed by atoms with van der Waals surface area (Å²) in [7, 11) is 0. The van der Waals surface area contributed by atoms with Crippen molar-refractivity contribution in [3.63, 3.8) is 0 Å². The number of benzene rings is 2. The van der Waals surface area contributed by atoms with E-state index in [9.17, 15) is 18.0 Å². The lowest BCUT2D eigenvalue weighted by Gasteiger charge is -2.16. The molecule has 4 nitrogen and oxygen atoms in total. The molecular weight excluding hydrogens is 371 g/mol. The average molecular weight is 387 g/mol. The number of hydrogen-bond donors (Lipinski definition) is 1. The molecule has 0 aliphatic carbocycles. The Bertz CT molecular complexity index is 996. The van der Waals surface area contributed by atoms with E-state index in [0.717, 1.165) is 11.6 Å². The van der Waals surface area contributed by atoms with Crippen LogP contribution in [0.5, 0.6) is 5.75 Å². The van der Waals surface area contributed by atoms with Gasteiger partial charge in [-0.3, -0.25) is 4.79 Å². The quantitative estimate of drug-likeness (QED) is 0.706. The maximum Gasteiger partial charge on any atom is 0.417 e. The van der Waals surface area contributed by atoms with Crippen LogP contribution in [0.25, 0.3) is 11.1 Å². The molecule has 0 fully saturated rings. The fourth-order valence-corrected chi connectivity index (χ4v) is 3.33. The molecule has 1 atom stereocenters. The zero-order valence-corrected chi connectivity index (χ0v) is 14.6. The highest BCUT2D eigenvalue weighted by molar-refractivity contribution is 5.91. The molecule has 2 aromatic carbocycles. The van der Waals surface area contributed by atoms with Gasteiger partial charge in [0, 0.05) is 12.0 Å². The zero-order valence-electron chi connectivity index (χ0n) is 14.6. The summed E-state index contributed by atoms with van der Waals surface area (Å²) in [5, 5.41) is 2.72. The van der Waals surface area contributed by atoms with Crippen molar-refractivity contribution >= 4 is 5.91 Å². The van der Waals surface area contributed by atoms with Crippen molar-refractivity contribution in [2.45, 2.75) is 18.7 Å². The van der Waals surface area contributed by atoms with Crippen molar-refractivity contribution in [2.75, 3.05) is 6.54 Å². The first kappa shape index (κ1) is 18.2. The number of hydrogen-bond acceptors (Lipinski definition) is 3. The van der Waals surface area contributed by atoms with Gasteiger partial charge in [-0.1, -0.05) is 36.4 Å². The van der Waals surface area contributed by atoms with Gasteiger partial charge in [0.15, 0.2) is 5.76 Å². The predicted molar refractivity (Wildman–Crippen MR) is 96.0 cm³/mol. The Labute approximate surface area is 158 Å². The minimum atomic E-state index is -4.46. The number of alkyl halides is 3. The van der Waals surface area contributed by atoms with Gasteiger partial charge in [0.1, 0.15) is 11.9 Å². The van der Waals surface area contributed by atoms with Gasteiger partial charge in [0.25, 0.3) is 5.91 Å². The fraction of sp³-hybridized carbons (Fsp3) is 0.190. The zero-order chi connectivity index (χ0) is 19.7. The normalized spacial score (nSPS) is 15.8. The van der Waals surface area contributed by atoms with Crippen molar-refractivity contribution in [1.82, 2.24) is 5.32 Å². The van der Waals surface area contributed by atoms with Gasteiger partial charge in [0.2, 0.25) is 0 Å². The van der Waals surface area contributed by atoms with Crippen molar-refractivity contribution in [3.05, 3.63) is 77.7 Å². The number of halogens is 3. The summed E-state index contributed by atoms with van der Waals surface area (Å²) in [4.78, 5) is 12.0. The highest BCUT2D eigenvalue weighted by Gasteiger charge is 2.35. The molecule has 0 spiro atoms. The van der Waals surface area contributed by atoms with Crippen molar-refractivity contribution in [2.24, 2.45) is 0 Å². The van der Waals surface area contributed by atoms with Gasteiger partial charge in [-0.2, -0.15) is 13.2 Å². The first-order valence-electron chi connectivity index (χ1n) is 8.70. The van der Waals surface area contributed by atoms with Crippen molar-refractivity contribution in [3.8, 4) is 16.9 Å². The molecule has 1 aliphatic heterocycles. The van der Waals surface area contributed by atoms with Crippen LogP contribution in [-0.2, 0) is 12.6 Å². The van der Waals surface area contributed by atoms with Crippen LogP contribution in [0.15, 0.2) is 65.3 Å². The van der Waals surface area contributed by atoms with Gasteiger partial charge < -0.3 is 14.5 Å². The summed E-state index contributed by atoms with van der Waals surface area (Å²) in [6.07, 6.45) is -2.93. The van der Waals surface area contributed by atoms with Gasteiger partial charge in [-0.05, 0) is 29.3 Å². The molecule has 0 saturated carbocycles. The smallest absolute Gasteiger partial charge is 0.417 e. The maximum absolute atomic E-state index is 13.4. The Kier molecular flexibility index (Phi) is 4.58. The van der Waals surface area contributed by atoms with Crippen LogP contribution in [0.3, 0.4) is 0 Å². The van der Waals surface area contributed by atoms with Gasteiger partial charge in [-0.15, -0.1) is 0 Å². The molecule has 4 rings (SSSR count). The van der Waals surface area contributed by atoms with Crippen LogP contribution >= 0.6 is 0 Å². The van der Waals surface area contributed by atoms with Crippen LogP contribution in [0.2, 0.25) is 0 Å². The van der Waals surface area contributed by atoms with Gasteiger partial charge in [-0.25, -0.2) is 0 Å². The summed E-state index contributed by atoms with van der Waals surface area (Å²) in [5.74, 6) is 0.249. The number of fused-ring (bicyclic) bond motifs is 1. The molecule has 0 radical (unpaired) electrons. The molecule has 7 heteroatoms. The van der Waals surface area contributed by atoms with E-state index in [1.165, 1.54) is 18.4 Å². The largest absolute Gasteiger partial charge is 0.487 e. The van der Waals surface area contributed by atoms with Crippen LogP contribution in [0.1, 0.15) is 21.7 Å². The van der Waals surface area contributed by atoms with E-state index in [-0.39, 0.29) is 29.9 Å². The SMILES string of the molecule is O=C(NC[C@@H]1Cc2cccc(-c3ccccc3C(F)(F)F)c2O1)c1ccco1. The Morgan fingerprint density at radius 1 is 1.04 bits per heavy atom.